The highest BCUT2D eigenvalue weighted by Crippen LogP contribution is 2.20. The zero-order valence-corrected chi connectivity index (χ0v) is 7.73. The number of aryl methyl sites for hydroxylation is 1. The number of fused-ring (bicyclic) bond motifs is 1. The molecule has 13 heavy (non-hydrogen) atoms. The number of rotatable bonds is 1. The van der Waals surface area contributed by atoms with E-state index in [0.717, 1.165) is 16.9 Å². The molecule has 0 N–H and O–H groups in total. The Hall–Kier alpha value is -1.71. The van der Waals surface area contributed by atoms with Gasteiger partial charge in [-0.2, -0.15) is 4.98 Å². The van der Waals surface area contributed by atoms with Gasteiger partial charge in [0.2, 0.25) is 6.33 Å². The molecule has 0 atom stereocenters. The fraction of sp³-hybridized carbons (Fsp3) is 0.222. The van der Waals surface area contributed by atoms with Gasteiger partial charge in [-0.3, -0.25) is 0 Å². The smallest absolute Gasteiger partial charge is 0.335 e. The zero-order valence-electron chi connectivity index (χ0n) is 7.73. The standard InChI is InChI=1S/C9H11N4/c1-12(2)8-7-4-5-13(3)9(7)11-6-10-8/h4-6H,1H2,2-3H3/q+1. The molecule has 0 amide bonds. The monoisotopic (exact) mass is 175 g/mol. The summed E-state index contributed by atoms with van der Waals surface area (Å²) in [7, 11) is 3.83. The van der Waals surface area contributed by atoms with Crippen molar-refractivity contribution in [2.75, 3.05) is 7.05 Å². The summed E-state index contributed by atoms with van der Waals surface area (Å²) in [6, 6.07) is 1.99. The van der Waals surface area contributed by atoms with E-state index >= 15 is 0 Å². The first-order valence-electron chi connectivity index (χ1n) is 4.00. The topological polar surface area (TPSA) is 33.7 Å². The van der Waals surface area contributed by atoms with Gasteiger partial charge in [-0.25, -0.2) is 4.58 Å². The van der Waals surface area contributed by atoms with Gasteiger partial charge in [-0.1, -0.05) is 0 Å². The number of aromatic nitrogens is 3. The van der Waals surface area contributed by atoms with Crippen LogP contribution in [0.4, 0.5) is 5.82 Å². The van der Waals surface area contributed by atoms with Gasteiger partial charge in [-0.05, 0) is 11.1 Å². The Morgan fingerprint density at radius 2 is 2.23 bits per heavy atom. The second-order valence-corrected chi connectivity index (χ2v) is 3.06. The molecule has 4 nitrogen and oxygen atoms in total. The second kappa shape index (κ2) is 2.65. The van der Waals surface area contributed by atoms with Gasteiger partial charge in [0.05, 0.1) is 13.8 Å². The fourth-order valence-electron chi connectivity index (χ4n) is 1.37. The molecule has 4 heteroatoms. The van der Waals surface area contributed by atoms with Gasteiger partial charge < -0.3 is 4.57 Å². The van der Waals surface area contributed by atoms with Gasteiger partial charge >= 0.3 is 5.82 Å². The lowest BCUT2D eigenvalue weighted by molar-refractivity contribution is -0.397. The van der Waals surface area contributed by atoms with Crippen molar-refractivity contribution >= 4 is 23.6 Å². The van der Waals surface area contributed by atoms with E-state index < -0.39 is 0 Å². The molecule has 0 aliphatic rings. The van der Waals surface area contributed by atoms with E-state index in [1.807, 2.05) is 30.9 Å². The molecular weight excluding hydrogens is 164 g/mol. The molecule has 0 aromatic carbocycles. The predicted molar refractivity (Wildman–Crippen MR) is 51.5 cm³/mol. The van der Waals surface area contributed by atoms with Gasteiger partial charge in [0.25, 0.3) is 0 Å². The van der Waals surface area contributed by atoms with Crippen LogP contribution in [0.2, 0.25) is 0 Å². The molecule has 0 aliphatic carbocycles. The van der Waals surface area contributed by atoms with Crippen LogP contribution in [0.1, 0.15) is 0 Å². The number of hydrogen-bond donors (Lipinski definition) is 0. The van der Waals surface area contributed by atoms with E-state index in [1.165, 1.54) is 0 Å². The Labute approximate surface area is 76.2 Å². The SMILES string of the molecule is C=[N+](C)c1ncnc2c1ccn2C. The largest absolute Gasteiger partial charge is 0.335 e. The minimum atomic E-state index is 0.852. The maximum atomic E-state index is 4.18. The van der Waals surface area contributed by atoms with Crippen molar-refractivity contribution in [3.63, 3.8) is 0 Å². The molecule has 0 unspecified atom stereocenters. The molecule has 0 bridgehead atoms. The van der Waals surface area contributed by atoms with E-state index in [0.29, 0.717) is 0 Å². The summed E-state index contributed by atoms with van der Waals surface area (Å²) < 4.78 is 3.70. The Bertz CT molecular complexity index is 469. The maximum absolute atomic E-state index is 4.18. The van der Waals surface area contributed by atoms with Gasteiger partial charge in [0.1, 0.15) is 5.39 Å². The number of nitrogens with zero attached hydrogens (tertiary/aromatic N) is 4. The summed E-state index contributed by atoms with van der Waals surface area (Å²) >= 11 is 0. The van der Waals surface area contributed by atoms with Crippen LogP contribution in [0.15, 0.2) is 18.6 Å². The molecule has 2 rings (SSSR count). The Morgan fingerprint density at radius 1 is 1.46 bits per heavy atom. The predicted octanol–water partition coefficient (Wildman–Crippen LogP) is 0.943. The Morgan fingerprint density at radius 3 is 2.92 bits per heavy atom. The first-order valence-corrected chi connectivity index (χ1v) is 4.00. The summed E-state index contributed by atoms with van der Waals surface area (Å²) in [4.78, 5) is 8.34. The van der Waals surface area contributed by atoms with E-state index in [4.69, 9.17) is 0 Å². The summed E-state index contributed by atoms with van der Waals surface area (Å²) in [5.41, 5.74) is 0.931. The average Bonchev–Trinajstić information content (AvgIpc) is 2.48. The van der Waals surface area contributed by atoms with Gasteiger partial charge in [0, 0.05) is 13.2 Å². The first kappa shape index (κ1) is 7.91. The molecule has 66 valence electrons. The summed E-state index contributed by atoms with van der Waals surface area (Å²) in [5, 5.41) is 1.03. The highest BCUT2D eigenvalue weighted by molar-refractivity contribution is 5.83. The molecule has 0 saturated heterocycles. The van der Waals surface area contributed by atoms with Gasteiger partial charge in [-0.15, -0.1) is 0 Å². The average molecular weight is 175 g/mol. The highest BCUT2D eigenvalue weighted by Gasteiger charge is 2.12. The molecular formula is C9H11N4+. The van der Waals surface area contributed by atoms with Crippen molar-refractivity contribution in [1.82, 2.24) is 14.5 Å². The summed E-state index contributed by atoms with van der Waals surface area (Å²) in [6.45, 7) is 3.80. The van der Waals surface area contributed by atoms with Crippen LogP contribution in [-0.4, -0.2) is 32.9 Å². The van der Waals surface area contributed by atoms with E-state index in [1.54, 1.807) is 10.9 Å². The van der Waals surface area contributed by atoms with Crippen molar-refractivity contribution in [1.29, 1.82) is 0 Å². The Balaban J connectivity index is 2.84. The van der Waals surface area contributed by atoms with E-state index in [-0.39, 0.29) is 0 Å². The third kappa shape index (κ3) is 1.11. The zero-order chi connectivity index (χ0) is 9.42. The summed E-state index contributed by atoms with van der Waals surface area (Å²) in [5.74, 6) is 0.852. The van der Waals surface area contributed by atoms with Crippen LogP contribution in [-0.2, 0) is 7.05 Å². The van der Waals surface area contributed by atoms with Crippen molar-refractivity contribution in [3.8, 4) is 0 Å². The lowest BCUT2D eigenvalue weighted by Gasteiger charge is -1.94. The second-order valence-electron chi connectivity index (χ2n) is 3.06. The molecule has 0 spiro atoms. The van der Waals surface area contributed by atoms with Crippen LogP contribution < -0.4 is 0 Å². The molecule has 0 radical (unpaired) electrons. The minimum Gasteiger partial charge on any atom is -0.335 e. The minimum absolute atomic E-state index is 0.852. The molecule has 2 aromatic rings. The molecule has 0 saturated carbocycles. The highest BCUT2D eigenvalue weighted by atomic mass is 15.1. The summed E-state index contributed by atoms with van der Waals surface area (Å²) in [6.07, 6.45) is 3.52. The van der Waals surface area contributed by atoms with Crippen LogP contribution in [0.25, 0.3) is 11.0 Å². The maximum Gasteiger partial charge on any atom is 0.335 e. The third-order valence-corrected chi connectivity index (χ3v) is 2.00. The third-order valence-electron chi connectivity index (χ3n) is 2.00. The molecule has 0 fully saturated rings. The molecule has 0 aliphatic heterocycles. The van der Waals surface area contributed by atoms with Crippen LogP contribution >= 0.6 is 0 Å². The van der Waals surface area contributed by atoms with Crippen molar-refractivity contribution < 1.29 is 4.58 Å². The normalized spacial score (nSPS) is 10.6. The Kier molecular flexibility index (Phi) is 1.62. The van der Waals surface area contributed by atoms with Crippen LogP contribution in [0.5, 0.6) is 0 Å². The van der Waals surface area contributed by atoms with E-state index in [2.05, 4.69) is 16.7 Å². The lowest BCUT2D eigenvalue weighted by atomic mass is 10.4. The quantitative estimate of drug-likeness (QED) is 0.477. The van der Waals surface area contributed by atoms with Crippen molar-refractivity contribution in [2.24, 2.45) is 7.05 Å². The molecule has 2 heterocycles. The van der Waals surface area contributed by atoms with Crippen molar-refractivity contribution in [3.05, 3.63) is 18.6 Å². The number of hydrogen-bond acceptors (Lipinski definition) is 2. The van der Waals surface area contributed by atoms with Gasteiger partial charge in [0.15, 0.2) is 5.65 Å². The first-order chi connectivity index (χ1) is 6.20. The van der Waals surface area contributed by atoms with E-state index in [9.17, 15) is 0 Å². The molecule has 2 aromatic heterocycles. The van der Waals surface area contributed by atoms with Crippen molar-refractivity contribution in [2.45, 2.75) is 0 Å². The van der Waals surface area contributed by atoms with Crippen LogP contribution in [0.3, 0.4) is 0 Å². The van der Waals surface area contributed by atoms with Crippen LogP contribution in [0, 0.1) is 0 Å². The lowest BCUT2D eigenvalue weighted by Crippen LogP contribution is -1.98. The fourth-order valence-corrected chi connectivity index (χ4v) is 1.37.